The van der Waals surface area contributed by atoms with Crippen LogP contribution in [0.5, 0.6) is 0 Å². The number of likely N-dealkylation sites (N-methyl/N-ethyl adjacent to an activating group) is 1. The molecule has 2 saturated heterocycles. The Hall–Kier alpha value is 3.74. The van der Waals surface area contributed by atoms with Gasteiger partial charge in [0.15, 0.2) is 0 Å². The number of ether oxygens (including phenoxy) is 1. The number of likely N-dealkylation sites (tertiary alicyclic amines) is 1. The molecule has 14 heavy (non-hydrogen) atoms. The summed E-state index contributed by atoms with van der Waals surface area (Å²) in [7, 11) is 1.74. The predicted octanol–water partition coefficient (Wildman–Crippen LogP) is -8.27. The summed E-state index contributed by atoms with van der Waals surface area (Å²) in [5, 5.41) is 22.4. The van der Waals surface area contributed by atoms with Crippen LogP contribution in [0.4, 0.5) is 0 Å². The Bertz CT molecular complexity index is 207. The third-order valence-corrected chi connectivity index (χ3v) is 2.92. The van der Waals surface area contributed by atoms with Crippen molar-refractivity contribution in [3.8, 4) is 0 Å². The van der Waals surface area contributed by atoms with Gasteiger partial charge >= 0.3 is 116 Å². The molecule has 70 valence electrons. The molecule has 0 amide bonds. The van der Waals surface area contributed by atoms with Crippen molar-refractivity contribution in [2.75, 3.05) is 20.2 Å². The summed E-state index contributed by atoms with van der Waals surface area (Å²) in [4.78, 5) is 1.70. The summed E-state index contributed by atoms with van der Waals surface area (Å²) < 4.78 is 5.08. The van der Waals surface area contributed by atoms with Crippen LogP contribution < -0.4 is 127 Å². The molecule has 0 aromatic heterocycles. The zero-order valence-electron chi connectivity index (χ0n) is 8.70. The summed E-state index contributed by atoms with van der Waals surface area (Å²) in [5.41, 5.74) is 0. The number of halogens is 1. The van der Waals surface area contributed by atoms with Crippen molar-refractivity contribution in [1.82, 2.24) is 4.90 Å². The third-order valence-electron chi connectivity index (χ3n) is 2.53. The summed E-state index contributed by atoms with van der Waals surface area (Å²) in [5.74, 6) is -2.23. The molecule has 2 aliphatic rings. The van der Waals surface area contributed by atoms with Gasteiger partial charge < -0.3 is 19.8 Å². The van der Waals surface area contributed by atoms with E-state index in [1.807, 2.05) is 0 Å². The van der Waals surface area contributed by atoms with Crippen molar-refractivity contribution in [3.63, 3.8) is 0 Å². The van der Waals surface area contributed by atoms with Gasteiger partial charge in [0.2, 0.25) is 0 Å². The standard InChI is InChI=1S/C7H10ClNO3.2Rb/c1-9-2-4(8)5-6(9)7(10,11)3-12-5;;/h4-6H,2-3H2,1H3;;/q-2;2*+1/t4-,5-,6+;;/m1../s1. The van der Waals surface area contributed by atoms with Gasteiger partial charge in [-0.2, -0.15) is 5.79 Å². The van der Waals surface area contributed by atoms with Crippen LogP contribution in [0.15, 0.2) is 0 Å². The molecule has 0 N–H and O–H groups in total. The Morgan fingerprint density at radius 3 is 2.50 bits per heavy atom. The van der Waals surface area contributed by atoms with Gasteiger partial charge in [-0.05, 0) is 7.05 Å². The molecule has 0 radical (unpaired) electrons. The van der Waals surface area contributed by atoms with Crippen molar-refractivity contribution in [3.05, 3.63) is 0 Å². The fraction of sp³-hybridized carbons (Fsp3) is 1.00. The summed E-state index contributed by atoms with van der Waals surface area (Å²) in [6.07, 6.45) is -0.369. The van der Waals surface area contributed by atoms with E-state index in [9.17, 15) is 10.2 Å². The van der Waals surface area contributed by atoms with E-state index in [0.717, 1.165) is 0 Å². The average Bonchev–Trinajstić information content (AvgIpc) is 2.37. The number of hydrogen-bond donors (Lipinski definition) is 0. The SMILES string of the molecule is CN1C[C@@H](Cl)[C@H]2OCC([O-])([O-])[C@H]21.[Rb+].[Rb+]. The second-order valence-electron chi connectivity index (χ2n) is 3.49. The average molecular weight is 363 g/mol. The van der Waals surface area contributed by atoms with Crippen molar-refractivity contribution < 1.29 is 131 Å². The molecule has 0 unspecified atom stereocenters. The van der Waals surface area contributed by atoms with E-state index in [2.05, 4.69) is 0 Å². The first kappa shape index (κ1) is 17.7. The first-order valence-corrected chi connectivity index (χ1v) is 4.33. The van der Waals surface area contributed by atoms with Crippen molar-refractivity contribution in [2.45, 2.75) is 23.3 Å². The maximum atomic E-state index is 11.3. The molecule has 2 rings (SSSR count). The zero-order chi connectivity index (χ0) is 8.93. The molecule has 0 aliphatic carbocycles. The van der Waals surface area contributed by atoms with Crippen LogP contribution in [-0.4, -0.2) is 48.4 Å². The number of hydrogen-bond acceptors (Lipinski definition) is 4. The van der Waals surface area contributed by atoms with Crippen molar-refractivity contribution in [2.24, 2.45) is 0 Å². The minimum absolute atomic E-state index is 0. The molecule has 3 atom stereocenters. The fourth-order valence-electron chi connectivity index (χ4n) is 2.02. The maximum Gasteiger partial charge on any atom is 1.00 e. The van der Waals surface area contributed by atoms with Crippen LogP contribution in [0.3, 0.4) is 0 Å². The zero-order valence-corrected chi connectivity index (χ0v) is 19.3. The summed E-state index contributed by atoms with van der Waals surface area (Å²) >= 11 is 5.89. The van der Waals surface area contributed by atoms with E-state index in [0.29, 0.717) is 6.54 Å². The monoisotopic (exact) mass is 361 g/mol. The molecule has 0 aromatic carbocycles. The number of fused-ring (bicyclic) bond motifs is 1. The van der Waals surface area contributed by atoms with Gasteiger partial charge in [-0.25, -0.2) is 0 Å². The smallest absolute Gasteiger partial charge is 0.860 e. The second kappa shape index (κ2) is 6.78. The normalized spacial score (nSPS) is 39.9. The van der Waals surface area contributed by atoms with E-state index in [1.54, 1.807) is 11.9 Å². The van der Waals surface area contributed by atoms with Crippen LogP contribution in [0.1, 0.15) is 0 Å². The summed E-state index contributed by atoms with van der Waals surface area (Å²) in [6, 6.07) is -0.597. The Morgan fingerprint density at radius 2 is 2.00 bits per heavy atom. The molecule has 2 fully saturated rings. The molecule has 2 heterocycles. The molecule has 4 nitrogen and oxygen atoms in total. The van der Waals surface area contributed by atoms with Crippen LogP contribution >= 0.6 is 11.6 Å². The third kappa shape index (κ3) is 3.39. The van der Waals surface area contributed by atoms with E-state index in [-0.39, 0.29) is 134 Å². The Labute approximate surface area is 186 Å². The maximum absolute atomic E-state index is 11.3. The quantitative estimate of drug-likeness (QED) is 0.317. The second-order valence-corrected chi connectivity index (χ2v) is 4.05. The Kier molecular flexibility index (Phi) is 8.59. The largest absolute Gasteiger partial charge is 1.00 e. The van der Waals surface area contributed by atoms with Crippen LogP contribution in [0.2, 0.25) is 0 Å². The molecule has 2 aliphatic heterocycles. The first-order chi connectivity index (χ1) is 5.52. The predicted molar refractivity (Wildman–Crippen MR) is 38.5 cm³/mol. The van der Waals surface area contributed by atoms with Gasteiger partial charge in [0, 0.05) is 19.2 Å². The minimum atomic E-state index is -2.23. The van der Waals surface area contributed by atoms with Crippen LogP contribution in [-0.2, 0) is 4.74 Å². The van der Waals surface area contributed by atoms with E-state index in [1.165, 1.54) is 0 Å². The molecular formula is C7H10ClNO3Rb2. The Balaban J connectivity index is 0.000000845. The molecule has 0 saturated carbocycles. The van der Waals surface area contributed by atoms with Gasteiger partial charge in [-0.15, -0.1) is 11.6 Å². The van der Waals surface area contributed by atoms with Gasteiger partial charge in [0.05, 0.1) is 11.5 Å². The topological polar surface area (TPSA) is 58.6 Å². The molecule has 0 aromatic rings. The Morgan fingerprint density at radius 1 is 1.43 bits per heavy atom. The fourth-order valence-corrected chi connectivity index (χ4v) is 2.45. The van der Waals surface area contributed by atoms with Gasteiger partial charge in [-0.3, -0.25) is 0 Å². The van der Waals surface area contributed by atoms with Crippen molar-refractivity contribution >= 4 is 11.6 Å². The van der Waals surface area contributed by atoms with Gasteiger partial charge in [-0.1, -0.05) is 0 Å². The van der Waals surface area contributed by atoms with E-state index >= 15 is 0 Å². The van der Waals surface area contributed by atoms with Crippen LogP contribution in [0, 0.1) is 0 Å². The van der Waals surface area contributed by atoms with Crippen molar-refractivity contribution in [1.29, 1.82) is 0 Å². The van der Waals surface area contributed by atoms with E-state index < -0.39 is 11.8 Å². The van der Waals surface area contributed by atoms with Gasteiger partial charge in [0.1, 0.15) is 0 Å². The van der Waals surface area contributed by atoms with Gasteiger partial charge in [0.25, 0.3) is 0 Å². The van der Waals surface area contributed by atoms with E-state index in [4.69, 9.17) is 16.3 Å². The molecule has 0 spiro atoms. The number of rotatable bonds is 0. The molecular weight excluding hydrogens is 352 g/mol. The number of nitrogens with zero attached hydrogens (tertiary/aromatic N) is 1. The molecule has 0 bridgehead atoms. The minimum Gasteiger partial charge on any atom is -0.860 e. The summed E-state index contributed by atoms with van der Waals surface area (Å²) in [6.45, 7) is 0.291. The van der Waals surface area contributed by atoms with Crippen LogP contribution in [0.25, 0.3) is 0 Å². The molecule has 7 heteroatoms. The number of alkyl halides is 1. The first-order valence-electron chi connectivity index (χ1n) is 3.89.